The minimum absolute atomic E-state index is 0.360. The second-order valence-electron chi connectivity index (χ2n) is 3.78. The molecule has 0 saturated heterocycles. The largest absolute Gasteiger partial charge is 0.480 e. The highest BCUT2D eigenvalue weighted by Crippen LogP contribution is 2.19. The molecule has 0 aromatic carbocycles. The van der Waals surface area contributed by atoms with Gasteiger partial charge in [0, 0.05) is 5.41 Å². The van der Waals surface area contributed by atoms with Gasteiger partial charge in [-0.25, -0.2) is 4.79 Å². The highest BCUT2D eigenvalue weighted by Gasteiger charge is 2.29. The van der Waals surface area contributed by atoms with Crippen molar-refractivity contribution in [3.63, 3.8) is 0 Å². The monoisotopic (exact) mass is 203 g/mol. The standard InChI is InChI=1S/C9H17NO4/c1-4-9(2,3)8(14)10-6(5-11)7(12)13/h6,11H,4-5H2,1-3H3,(H,10,14)(H,12,13). The number of hydrogen-bond donors (Lipinski definition) is 3. The zero-order chi connectivity index (χ0) is 11.4. The van der Waals surface area contributed by atoms with Gasteiger partial charge in [0.2, 0.25) is 5.91 Å². The van der Waals surface area contributed by atoms with Crippen LogP contribution in [-0.4, -0.2) is 34.7 Å². The molecule has 0 rings (SSSR count). The summed E-state index contributed by atoms with van der Waals surface area (Å²) in [5, 5.41) is 19.5. The summed E-state index contributed by atoms with van der Waals surface area (Å²) in [5.74, 6) is -1.59. The first-order valence-corrected chi connectivity index (χ1v) is 4.49. The average molecular weight is 203 g/mol. The van der Waals surface area contributed by atoms with Crippen LogP contribution in [0, 0.1) is 5.41 Å². The molecule has 0 aromatic rings. The van der Waals surface area contributed by atoms with E-state index in [1.807, 2.05) is 6.92 Å². The molecular weight excluding hydrogens is 186 g/mol. The van der Waals surface area contributed by atoms with Crippen LogP contribution in [0.3, 0.4) is 0 Å². The average Bonchev–Trinajstić information content (AvgIpc) is 2.12. The lowest BCUT2D eigenvalue weighted by molar-refractivity contribution is -0.144. The summed E-state index contributed by atoms with van der Waals surface area (Å²) in [5.41, 5.74) is -0.608. The van der Waals surface area contributed by atoms with Gasteiger partial charge in [-0.15, -0.1) is 0 Å². The first kappa shape index (κ1) is 12.9. The molecule has 0 aromatic heterocycles. The van der Waals surface area contributed by atoms with Crippen LogP contribution >= 0.6 is 0 Å². The van der Waals surface area contributed by atoms with Crippen molar-refractivity contribution in [1.82, 2.24) is 5.32 Å². The second kappa shape index (κ2) is 4.95. The number of aliphatic hydroxyl groups is 1. The number of carboxylic acid groups (broad SMARTS) is 1. The van der Waals surface area contributed by atoms with Crippen LogP contribution in [-0.2, 0) is 9.59 Å². The molecule has 1 unspecified atom stereocenters. The van der Waals surface area contributed by atoms with Crippen molar-refractivity contribution < 1.29 is 19.8 Å². The van der Waals surface area contributed by atoms with Gasteiger partial charge in [0.1, 0.15) is 6.04 Å². The predicted molar refractivity (Wildman–Crippen MR) is 50.7 cm³/mol. The molecule has 0 bridgehead atoms. The molecule has 0 aliphatic heterocycles. The van der Waals surface area contributed by atoms with E-state index in [0.717, 1.165) is 0 Å². The Morgan fingerprint density at radius 1 is 1.43 bits per heavy atom. The summed E-state index contributed by atoms with van der Waals surface area (Å²) in [4.78, 5) is 22.0. The Morgan fingerprint density at radius 2 is 1.93 bits per heavy atom. The van der Waals surface area contributed by atoms with Crippen LogP contribution in [0.4, 0.5) is 0 Å². The van der Waals surface area contributed by atoms with E-state index < -0.39 is 24.0 Å². The number of carbonyl (C=O) groups excluding carboxylic acids is 1. The van der Waals surface area contributed by atoms with Crippen LogP contribution in [0.1, 0.15) is 27.2 Å². The summed E-state index contributed by atoms with van der Waals surface area (Å²) < 4.78 is 0. The molecule has 0 aliphatic rings. The molecule has 1 amide bonds. The maximum absolute atomic E-state index is 11.5. The number of aliphatic carboxylic acids is 1. The molecule has 82 valence electrons. The van der Waals surface area contributed by atoms with E-state index in [0.29, 0.717) is 6.42 Å². The zero-order valence-corrected chi connectivity index (χ0v) is 8.70. The summed E-state index contributed by atoms with van der Waals surface area (Å²) >= 11 is 0. The Hall–Kier alpha value is -1.10. The van der Waals surface area contributed by atoms with Gasteiger partial charge >= 0.3 is 5.97 Å². The van der Waals surface area contributed by atoms with Gasteiger partial charge in [0.15, 0.2) is 0 Å². The van der Waals surface area contributed by atoms with Crippen LogP contribution < -0.4 is 5.32 Å². The normalized spacial score (nSPS) is 13.4. The van der Waals surface area contributed by atoms with Crippen LogP contribution in [0.2, 0.25) is 0 Å². The second-order valence-corrected chi connectivity index (χ2v) is 3.78. The lowest BCUT2D eigenvalue weighted by Gasteiger charge is -2.23. The van der Waals surface area contributed by atoms with Crippen LogP contribution in [0.25, 0.3) is 0 Å². The molecule has 0 heterocycles. The minimum Gasteiger partial charge on any atom is -0.480 e. The van der Waals surface area contributed by atoms with Crippen molar-refractivity contribution in [2.75, 3.05) is 6.61 Å². The first-order valence-electron chi connectivity index (χ1n) is 4.49. The Kier molecular flexibility index (Phi) is 4.56. The summed E-state index contributed by atoms with van der Waals surface area (Å²) in [7, 11) is 0. The predicted octanol–water partition coefficient (Wildman–Crippen LogP) is -0.0157. The summed E-state index contributed by atoms with van der Waals surface area (Å²) in [6, 6.07) is -1.21. The molecule has 3 N–H and O–H groups in total. The molecular formula is C9H17NO4. The van der Waals surface area contributed by atoms with Crippen molar-refractivity contribution >= 4 is 11.9 Å². The van der Waals surface area contributed by atoms with E-state index in [9.17, 15) is 9.59 Å². The van der Waals surface area contributed by atoms with E-state index in [1.165, 1.54) is 0 Å². The number of aliphatic hydroxyl groups excluding tert-OH is 1. The molecule has 0 spiro atoms. The highest BCUT2D eigenvalue weighted by molar-refractivity contribution is 5.86. The van der Waals surface area contributed by atoms with Crippen molar-refractivity contribution in [3.05, 3.63) is 0 Å². The Bertz CT molecular complexity index is 225. The van der Waals surface area contributed by atoms with Crippen molar-refractivity contribution in [1.29, 1.82) is 0 Å². The SMILES string of the molecule is CCC(C)(C)C(=O)NC(CO)C(=O)O. The molecule has 0 fully saturated rings. The number of nitrogens with one attached hydrogen (secondary N) is 1. The lowest BCUT2D eigenvalue weighted by Crippen LogP contribution is -2.48. The third-order valence-electron chi connectivity index (χ3n) is 2.28. The fraction of sp³-hybridized carbons (Fsp3) is 0.778. The number of rotatable bonds is 5. The summed E-state index contributed by atoms with van der Waals surface area (Å²) in [6.07, 6.45) is 0.608. The molecule has 5 heteroatoms. The molecule has 1 atom stereocenters. The van der Waals surface area contributed by atoms with Gasteiger partial charge in [-0.3, -0.25) is 4.79 Å². The lowest BCUT2D eigenvalue weighted by atomic mass is 9.89. The fourth-order valence-corrected chi connectivity index (χ4v) is 0.700. The zero-order valence-electron chi connectivity index (χ0n) is 8.70. The quantitative estimate of drug-likeness (QED) is 0.586. The van der Waals surface area contributed by atoms with E-state index >= 15 is 0 Å². The topological polar surface area (TPSA) is 86.6 Å². The molecule has 14 heavy (non-hydrogen) atoms. The van der Waals surface area contributed by atoms with Gasteiger partial charge < -0.3 is 15.5 Å². The Morgan fingerprint density at radius 3 is 2.21 bits per heavy atom. The van der Waals surface area contributed by atoms with Gasteiger partial charge in [-0.2, -0.15) is 0 Å². The van der Waals surface area contributed by atoms with E-state index in [4.69, 9.17) is 10.2 Å². The number of carboxylic acids is 1. The maximum Gasteiger partial charge on any atom is 0.328 e. The Balaban J connectivity index is 4.37. The van der Waals surface area contributed by atoms with E-state index in [2.05, 4.69) is 5.32 Å². The van der Waals surface area contributed by atoms with Crippen molar-refractivity contribution in [2.24, 2.45) is 5.41 Å². The van der Waals surface area contributed by atoms with E-state index in [-0.39, 0.29) is 5.91 Å². The Labute approximate surface area is 83.1 Å². The van der Waals surface area contributed by atoms with Gasteiger partial charge in [0.25, 0.3) is 0 Å². The van der Waals surface area contributed by atoms with Crippen molar-refractivity contribution in [2.45, 2.75) is 33.2 Å². The van der Waals surface area contributed by atoms with Gasteiger partial charge in [0.05, 0.1) is 6.61 Å². The van der Waals surface area contributed by atoms with E-state index in [1.54, 1.807) is 13.8 Å². The van der Waals surface area contributed by atoms with Crippen molar-refractivity contribution in [3.8, 4) is 0 Å². The van der Waals surface area contributed by atoms with Crippen LogP contribution in [0.15, 0.2) is 0 Å². The molecule has 0 saturated carbocycles. The molecule has 0 radical (unpaired) electrons. The minimum atomic E-state index is -1.23. The first-order chi connectivity index (χ1) is 6.35. The third kappa shape index (κ3) is 3.33. The third-order valence-corrected chi connectivity index (χ3v) is 2.28. The highest BCUT2D eigenvalue weighted by atomic mass is 16.4. The number of amides is 1. The van der Waals surface area contributed by atoms with Gasteiger partial charge in [-0.1, -0.05) is 20.8 Å². The van der Waals surface area contributed by atoms with Crippen LogP contribution in [0.5, 0.6) is 0 Å². The number of carbonyl (C=O) groups is 2. The number of hydrogen-bond acceptors (Lipinski definition) is 3. The molecule has 0 aliphatic carbocycles. The smallest absolute Gasteiger partial charge is 0.328 e. The molecule has 5 nitrogen and oxygen atoms in total. The summed E-state index contributed by atoms with van der Waals surface area (Å²) in [6.45, 7) is 4.69. The maximum atomic E-state index is 11.5. The van der Waals surface area contributed by atoms with Gasteiger partial charge in [-0.05, 0) is 6.42 Å². The fourth-order valence-electron chi connectivity index (χ4n) is 0.700.